The molecule has 2 rings (SSSR count). The average Bonchev–Trinajstić information content (AvgIpc) is 2.41. The van der Waals surface area contributed by atoms with Crippen LogP contribution < -0.4 is 5.32 Å². The predicted molar refractivity (Wildman–Crippen MR) is 73.1 cm³/mol. The minimum atomic E-state index is -0.633. The van der Waals surface area contributed by atoms with Crippen LogP contribution in [0.1, 0.15) is 35.2 Å². The highest BCUT2D eigenvalue weighted by Crippen LogP contribution is 2.22. The maximum Gasteiger partial charge on any atom is 0.251 e. The molecule has 0 spiro atoms. The number of amides is 1. The summed E-state index contributed by atoms with van der Waals surface area (Å²) >= 11 is 0. The Balaban J connectivity index is 2.04. The minimum Gasteiger partial charge on any atom is -0.388 e. The second-order valence-corrected chi connectivity index (χ2v) is 5.09. The van der Waals surface area contributed by atoms with Gasteiger partial charge in [-0.05, 0) is 37.8 Å². The number of methoxy groups -OCH3 is 1. The van der Waals surface area contributed by atoms with Crippen molar-refractivity contribution in [3.05, 3.63) is 35.4 Å². The molecule has 4 heteroatoms. The zero-order valence-corrected chi connectivity index (χ0v) is 11.4. The normalized spacial score (nSPS) is 27.0. The van der Waals surface area contributed by atoms with E-state index in [0.717, 1.165) is 24.8 Å². The van der Waals surface area contributed by atoms with Crippen LogP contribution >= 0.6 is 0 Å². The van der Waals surface area contributed by atoms with Crippen LogP contribution in [-0.4, -0.2) is 36.4 Å². The summed E-state index contributed by atoms with van der Waals surface area (Å²) in [5.74, 6) is -0.126. The van der Waals surface area contributed by atoms with Crippen LogP contribution in [0.4, 0.5) is 0 Å². The Morgan fingerprint density at radius 3 is 2.79 bits per heavy atom. The van der Waals surface area contributed by atoms with E-state index in [9.17, 15) is 9.90 Å². The van der Waals surface area contributed by atoms with Crippen LogP contribution in [-0.2, 0) is 4.74 Å². The molecule has 1 aromatic carbocycles. The average molecular weight is 263 g/mol. The fraction of sp³-hybridized carbons (Fsp3) is 0.533. The van der Waals surface area contributed by atoms with Crippen LogP contribution in [0.3, 0.4) is 0 Å². The number of nitrogens with one attached hydrogen (secondary N) is 1. The number of aliphatic hydroxyl groups is 1. The number of carbonyl (C=O) groups is 1. The molecule has 0 bridgehead atoms. The molecule has 1 aliphatic carbocycles. The largest absolute Gasteiger partial charge is 0.388 e. The maximum absolute atomic E-state index is 12.2. The maximum atomic E-state index is 12.2. The lowest BCUT2D eigenvalue weighted by molar-refractivity contribution is -0.0513. The number of ether oxygens (including phenoxy) is 1. The van der Waals surface area contributed by atoms with Crippen molar-refractivity contribution in [1.82, 2.24) is 5.32 Å². The van der Waals surface area contributed by atoms with Gasteiger partial charge in [0.2, 0.25) is 0 Å². The van der Waals surface area contributed by atoms with Crippen LogP contribution in [0.2, 0.25) is 0 Å². The second kappa shape index (κ2) is 6.17. The van der Waals surface area contributed by atoms with Crippen molar-refractivity contribution in [1.29, 1.82) is 0 Å². The third-order valence-electron chi connectivity index (χ3n) is 3.81. The van der Waals surface area contributed by atoms with Gasteiger partial charge in [0.15, 0.2) is 0 Å². The van der Waals surface area contributed by atoms with Crippen molar-refractivity contribution >= 4 is 5.91 Å². The molecule has 4 nitrogen and oxygen atoms in total. The van der Waals surface area contributed by atoms with Crippen molar-refractivity contribution in [2.24, 2.45) is 0 Å². The van der Waals surface area contributed by atoms with E-state index in [-0.39, 0.29) is 18.1 Å². The lowest BCUT2D eigenvalue weighted by atomic mass is 9.89. The highest BCUT2D eigenvalue weighted by molar-refractivity contribution is 5.95. The van der Waals surface area contributed by atoms with E-state index in [2.05, 4.69) is 5.32 Å². The predicted octanol–water partition coefficient (Wildman–Crippen LogP) is 1.65. The molecule has 104 valence electrons. The van der Waals surface area contributed by atoms with Gasteiger partial charge >= 0.3 is 0 Å². The number of aliphatic hydroxyl groups excluding tert-OH is 1. The first kappa shape index (κ1) is 14.0. The Kier molecular flexibility index (Phi) is 4.56. The molecule has 0 aromatic heterocycles. The third kappa shape index (κ3) is 3.14. The lowest BCUT2D eigenvalue weighted by Crippen LogP contribution is -2.51. The van der Waals surface area contributed by atoms with E-state index in [1.807, 2.05) is 25.1 Å². The van der Waals surface area contributed by atoms with E-state index in [4.69, 9.17) is 4.74 Å². The van der Waals surface area contributed by atoms with Gasteiger partial charge in [0, 0.05) is 12.7 Å². The number of benzene rings is 1. The summed E-state index contributed by atoms with van der Waals surface area (Å²) in [6.07, 6.45) is 1.77. The molecule has 0 saturated heterocycles. The van der Waals surface area contributed by atoms with Crippen LogP contribution in [0, 0.1) is 6.92 Å². The highest BCUT2D eigenvalue weighted by Gasteiger charge is 2.33. The SMILES string of the molecule is CO[C@@H]1CCC[C@@H](NC(=O)c2ccccc2C)[C@H]1O. The molecule has 0 unspecified atom stereocenters. The molecule has 0 aliphatic heterocycles. The summed E-state index contributed by atoms with van der Waals surface area (Å²) in [6, 6.07) is 7.23. The number of rotatable bonds is 3. The van der Waals surface area contributed by atoms with Gasteiger partial charge in [-0.2, -0.15) is 0 Å². The molecular weight excluding hydrogens is 242 g/mol. The minimum absolute atomic E-state index is 0.126. The molecule has 1 amide bonds. The number of hydrogen-bond acceptors (Lipinski definition) is 3. The van der Waals surface area contributed by atoms with E-state index in [0.29, 0.717) is 5.56 Å². The van der Waals surface area contributed by atoms with Gasteiger partial charge in [-0.1, -0.05) is 18.2 Å². The Bertz CT molecular complexity index is 447. The van der Waals surface area contributed by atoms with E-state index < -0.39 is 6.10 Å². The zero-order chi connectivity index (χ0) is 13.8. The topological polar surface area (TPSA) is 58.6 Å². The zero-order valence-electron chi connectivity index (χ0n) is 11.4. The standard InChI is InChI=1S/C15H21NO3/c1-10-6-3-4-7-11(10)15(18)16-12-8-5-9-13(19-2)14(12)17/h3-4,6-7,12-14,17H,5,8-9H2,1-2H3,(H,16,18)/t12-,13-,14-/m1/s1. The molecule has 2 N–H and O–H groups in total. The Hall–Kier alpha value is -1.39. The summed E-state index contributed by atoms with van der Waals surface area (Å²) in [5, 5.41) is 13.1. The van der Waals surface area contributed by atoms with Gasteiger partial charge in [-0.25, -0.2) is 0 Å². The summed E-state index contributed by atoms with van der Waals surface area (Å²) in [7, 11) is 1.60. The molecule has 3 atom stereocenters. The monoisotopic (exact) mass is 263 g/mol. The second-order valence-electron chi connectivity index (χ2n) is 5.09. The molecule has 0 heterocycles. The van der Waals surface area contributed by atoms with Gasteiger partial charge in [0.1, 0.15) is 6.10 Å². The van der Waals surface area contributed by atoms with Gasteiger partial charge in [-0.15, -0.1) is 0 Å². The van der Waals surface area contributed by atoms with Crippen LogP contribution in [0.15, 0.2) is 24.3 Å². The summed E-state index contributed by atoms with van der Waals surface area (Å²) in [5.41, 5.74) is 1.60. The molecule has 1 fully saturated rings. The molecular formula is C15H21NO3. The molecule has 0 radical (unpaired) electrons. The van der Waals surface area contributed by atoms with Crippen LogP contribution in [0.5, 0.6) is 0 Å². The quantitative estimate of drug-likeness (QED) is 0.872. The first-order chi connectivity index (χ1) is 9.13. The number of hydrogen-bond donors (Lipinski definition) is 2. The fourth-order valence-electron chi connectivity index (χ4n) is 2.63. The number of aryl methyl sites for hydroxylation is 1. The molecule has 19 heavy (non-hydrogen) atoms. The first-order valence-electron chi connectivity index (χ1n) is 6.71. The molecule has 1 aromatic rings. The van der Waals surface area contributed by atoms with E-state index in [1.54, 1.807) is 13.2 Å². The molecule has 1 aliphatic rings. The Morgan fingerprint density at radius 1 is 1.37 bits per heavy atom. The highest BCUT2D eigenvalue weighted by atomic mass is 16.5. The van der Waals surface area contributed by atoms with Gasteiger partial charge in [0.25, 0.3) is 5.91 Å². The van der Waals surface area contributed by atoms with Gasteiger partial charge < -0.3 is 15.2 Å². The Labute approximate surface area is 113 Å². The lowest BCUT2D eigenvalue weighted by Gasteiger charge is -2.34. The fourth-order valence-corrected chi connectivity index (χ4v) is 2.63. The van der Waals surface area contributed by atoms with Crippen molar-refractivity contribution < 1.29 is 14.6 Å². The summed E-state index contributed by atoms with van der Waals surface area (Å²) < 4.78 is 5.24. The summed E-state index contributed by atoms with van der Waals surface area (Å²) in [4.78, 5) is 12.2. The van der Waals surface area contributed by atoms with E-state index in [1.165, 1.54) is 0 Å². The third-order valence-corrected chi connectivity index (χ3v) is 3.81. The Morgan fingerprint density at radius 2 is 2.11 bits per heavy atom. The van der Waals surface area contributed by atoms with Gasteiger partial charge in [0.05, 0.1) is 12.1 Å². The first-order valence-corrected chi connectivity index (χ1v) is 6.71. The molecule has 1 saturated carbocycles. The van der Waals surface area contributed by atoms with Crippen molar-refractivity contribution in [2.45, 2.75) is 44.4 Å². The van der Waals surface area contributed by atoms with Crippen molar-refractivity contribution in [2.75, 3.05) is 7.11 Å². The van der Waals surface area contributed by atoms with Crippen molar-refractivity contribution in [3.8, 4) is 0 Å². The van der Waals surface area contributed by atoms with Gasteiger partial charge in [-0.3, -0.25) is 4.79 Å². The van der Waals surface area contributed by atoms with Crippen molar-refractivity contribution in [3.63, 3.8) is 0 Å². The smallest absolute Gasteiger partial charge is 0.251 e. The van der Waals surface area contributed by atoms with E-state index >= 15 is 0 Å². The van der Waals surface area contributed by atoms with Crippen LogP contribution in [0.25, 0.3) is 0 Å². The summed E-state index contributed by atoms with van der Waals surface area (Å²) in [6.45, 7) is 1.91. The number of carbonyl (C=O) groups excluding carboxylic acids is 1.